The third-order valence-corrected chi connectivity index (χ3v) is 7.27. The minimum absolute atomic E-state index is 0.0632. The molecule has 0 spiro atoms. The molecule has 2 rings (SSSR count). The van der Waals surface area contributed by atoms with Crippen LogP contribution in [0.3, 0.4) is 0 Å². The molecule has 1 amide bonds. The van der Waals surface area contributed by atoms with E-state index in [2.05, 4.69) is 10.2 Å². The molecular formula is C27H55N5O5. The number of hydrogen-bond donors (Lipinski definition) is 3. The van der Waals surface area contributed by atoms with Gasteiger partial charge < -0.3 is 30.0 Å². The van der Waals surface area contributed by atoms with Crippen LogP contribution in [0.2, 0.25) is 0 Å². The van der Waals surface area contributed by atoms with Crippen molar-refractivity contribution in [2.24, 2.45) is 17.5 Å². The Morgan fingerprint density at radius 3 is 1.95 bits per heavy atom. The van der Waals surface area contributed by atoms with E-state index < -0.39 is 0 Å². The lowest BCUT2D eigenvalue weighted by molar-refractivity contribution is -0.122. The number of hydrazine groups is 1. The molecule has 10 nitrogen and oxygen atoms in total. The number of nitrogens with two attached hydrogens (primary N) is 2. The van der Waals surface area contributed by atoms with Crippen molar-refractivity contribution in [3.8, 4) is 0 Å². The minimum atomic E-state index is 0.0632. The number of carbonyl (C=O) groups is 1. The van der Waals surface area contributed by atoms with Crippen LogP contribution in [0.25, 0.3) is 0 Å². The van der Waals surface area contributed by atoms with Crippen molar-refractivity contribution in [3.05, 3.63) is 0 Å². The fourth-order valence-electron chi connectivity index (χ4n) is 4.77. The zero-order valence-corrected chi connectivity index (χ0v) is 23.2. The van der Waals surface area contributed by atoms with E-state index in [4.69, 9.17) is 30.5 Å². The van der Waals surface area contributed by atoms with Crippen molar-refractivity contribution in [1.82, 2.24) is 15.2 Å². The number of ether oxygens (including phenoxy) is 4. The lowest BCUT2D eigenvalue weighted by Crippen LogP contribution is -2.50. The molecule has 5 N–H and O–H groups in total. The van der Waals surface area contributed by atoms with E-state index in [1.54, 1.807) is 0 Å². The van der Waals surface area contributed by atoms with Crippen LogP contribution in [-0.2, 0) is 23.7 Å². The Morgan fingerprint density at radius 2 is 1.27 bits per heavy atom. The van der Waals surface area contributed by atoms with Crippen LogP contribution in [0.1, 0.15) is 64.2 Å². The number of piperazine rings is 1. The lowest BCUT2D eigenvalue weighted by atomic mass is 9.94. The Labute approximate surface area is 225 Å². The molecule has 1 saturated carbocycles. The van der Waals surface area contributed by atoms with Crippen LogP contribution in [0, 0.1) is 5.92 Å². The van der Waals surface area contributed by atoms with Crippen LogP contribution in [-0.4, -0.2) is 114 Å². The summed E-state index contributed by atoms with van der Waals surface area (Å²) in [5, 5.41) is 4.96. The third-order valence-electron chi connectivity index (χ3n) is 7.27. The fraction of sp³-hybridized carbons (Fsp3) is 0.963. The summed E-state index contributed by atoms with van der Waals surface area (Å²) in [7, 11) is 0. The van der Waals surface area contributed by atoms with Gasteiger partial charge in [0.25, 0.3) is 0 Å². The summed E-state index contributed by atoms with van der Waals surface area (Å²) >= 11 is 0. The molecule has 1 aliphatic carbocycles. The zero-order valence-electron chi connectivity index (χ0n) is 23.2. The van der Waals surface area contributed by atoms with Gasteiger partial charge >= 0.3 is 0 Å². The number of nitrogens with one attached hydrogen (secondary N) is 1. The normalized spacial score (nSPS) is 23.0. The van der Waals surface area contributed by atoms with Crippen molar-refractivity contribution in [1.29, 1.82) is 0 Å². The van der Waals surface area contributed by atoms with Gasteiger partial charge in [-0.1, -0.05) is 32.1 Å². The molecule has 37 heavy (non-hydrogen) atoms. The second kappa shape index (κ2) is 22.0. The molecule has 1 saturated heterocycles. The van der Waals surface area contributed by atoms with E-state index in [0.29, 0.717) is 64.6 Å². The van der Waals surface area contributed by atoms with Crippen LogP contribution in [0.15, 0.2) is 0 Å². The average Bonchev–Trinajstić information content (AvgIpc) is 2.94. The predicted octanol–water partition coefficient (Wildman–Crippen LogP) is 1.52. The molecule has 0 aromatic carbocycles. The Morgan fingerprint density at radius 1 is 0.703 bits per heavy atom. The maximum Gasteiger partial charge on any atom is 0.222 e. The zero-order chi connectivity index (χ0) is 26.4. The van der Waals surface area contributed by atoms with Gasteiger partial charge in [0.15, 0.2) is 0 Å². The molecule has 0 radical (unpaired) electrons. The smallest absolute Gasteiger partial charge is 0.222 e. The summed E-state index contributed by atoms with van der Waals surface area (Å²) in [5.41, 5.74) is 6.25. The van der Waals surface area contributed by atoms with Gasteiger partial charge in [-0.05, 0) is 31.6 Å². The van der Waals surface area contributed by atoms with Crippen LogP contribution in [0.5, 0.6) is 0 Å². The summed E-state index contributed by atoms with van der Waals surface area (Å²) in [6.07, 6.45) is 11.3. The van der Waals surface area contributed by atoms with E-state index in [1.165, 1.54) is 38.5 Å². The number of nitrogens with zero attached hydrogens (tertiary/aromatic N) is 2. The summed E-state index contributed by atoms with van der Waals surface area (Å²) in [6.45, 7) is 9.87. The first-order valence-electron chi connectivity index (χ1n) is 14.7. The van der Waals surface area contributed by atoms with Crippen molar-refractivity contribution >= 4 is 5.91 Å². The monoisotopic (exact) mass is 529 g/mol. The number of rotatable bonds is 17. The summed E-state index contributed by atoms with van der Waals surface area (Å²) < 4.78 is 22.2. The minimum Gasteiger partial charge on any atom is -0.379 e. The highest BCUT2D eigenvalue weighted by atomic mass is 16.6. The number of hydrogen-bond acceptors (Lipinski definition) is 9. The molecule has 218 valence electrons. The van der Waals surface area contributed by atoms with Crippen molar-refractivity contribution in [2.75, 3.05) is 92.1 Å². The quantitative estimate of drug-likeness (QED) is 0.190. The maximum absolute atomic E-state index is 12.2. The molecule has 10 heteroatoms. The Balaban J connectivity index is 1.32. The molecule has 2 unspecified atom stereocenters. The average molecular weight is 530 g/mol. The first-order valence-corrected chi connectivity index (χ1v) is 14.7. The van der Waals surface area contributed by atoms with Crippen LogP contribution >= 0.6 is 0 Å². The lowest BCUT2D eigenvalue weighted by Gasteiger charge is -2.31. The van der Waals surface area contributed by atoms with Gasteiger partial charge in [0.2, 0.25) is 5.91 Å². The second-order valence-corrected chi connectivity index (χ2v) is 10.4. The van der Waals surface area contributed by atoms with E-state index >= 15 is 0 Å². The van der Waals surface area contributed by atoms with E-state index in [-0.39, 0.29) is 5.91 Å². The van der Waals surface area contributed by atoms with Gasteiger partial charge in [-0.2, -0.15) is 0 Å². The Hall–Kier alpha value is -0.850. The first-order chi connectivity index (χ1) is 18.1. The summed E-state index contributed by atoms with van der Waals surface area (Å²) in [6, 6.07) is 0.312. The van der Waals surface area contributed by atoms with Crippen LogP contribution < -0.4 is 16.9 Å². The van der Waals surface area contributed by atoms with Crippen molar-refractivity contribution < 1.29 is 23.7 Å². The Kier molecular flexibility index (Phi) is 19.3. The molecule has 1 aliphatic heterocycles. The van der Waals surface area contributed by atoms with E-state index in [0.717, 1.165) is 65.1 Å². The van der Waals surface area contributed by atoms with Gasteiger partial charge in [-0.25, -0.2) is 5.01 Å². The highest BCUT2D eigenvalue weighted by Gasteiger charge is 2.15. The number of carbonyl (C=O) groups excluding carboxylic acids is 1. The largest absolute Gasteiger partial charge is 0.379 e. The van der Waals surface area contributed by atoms with Gasteiger partial charge in [0.1, 0.15) is 0 Å². The molecule has 0 bridgehead atoms. The van der Waals surface area contributed by atoms with Gasteiger partial charge in [0, 0.05) is 51.7 Å². The fourth-order valence-corrected chi connectivity index (χ4v) is 4.77. The summed E-state index contributed by atoms with van der Waals surface area (Å²) in [5.74, 6) is 6.36. The topological polar surface area (TPSA) is 125 Å². The Bertz CT molecular complexity index is 551. The molecule has 2 fully saturated rings. The summed E-state index contributed by atoms with van der Waals surface area (Å²) in [4.78, 5) is 14.6. The molecule has 0 aromatic heterocycles. The standard InChI is InChI=1S/C27H55N5O5/c28-26-7-5-3-1-2-4-6-25(8-9-26)24-30-27(33)10-16-34-18-20-36-22-23-37-21-19-35-17-15-31-11-13-32(29)14-12-31/h25-26H,1-24,28-29H2,(H,30,33). The number of amides is 1. The van der Waals surface area contributed by atoms with Crippen molar-refractivity contribution in [2.45, 2.75) is 70.3 Å². The predicted molar refractivity (Wildman–Crippen MR) is 146 cm³/mol. The van der Waals surface area contributed by atoms with E-state index in [1.807, 2.05) is 5.01 Å². The molecule has 2 atom stereocenters. The molecular weight excluding hydrogens is 474 g/mol. The molecule has 2 aliphatic rings. The maximum atomic E-state index is 12.2. The molecule has 0 aromatic rings. The second-order valence-electron chi connectivity index (χ2n) is 10.4. The highest BCUT2D eigenvalue weighted by molar-refractivity contribution is 5.75. The molecule has 1 heterocycles. The third kappa shape index (κ3) is 18.1. The van der Waals surface area contributed by atoms with Gasteiger partial charge in [0.05, 0.1) is 52.9 Å². The van der Waals surface area contributed by atoms with Gasteiger partial charge in [-0.3, -0.25) is 15.5 Å². The first kappa shape index (κ1) is 32.4. The van der Waals surface area contributed by atoms with E-state index in [9.17, 15) is 4.79 Å². The van der Waals surface area contributed by atoms with Gasteiger partial charge in [-0.15, -0.1) is 0 Å². The van der Waals surface area contributed by atoms with Crippen LogP contribution in [0.4, 0.5) is 0 Å². The SMILES string of the molecule is NC1CCCCCCCC(CNC(=O)CCOCCOCCOCCOCCN2CCN(N)CC2)CC1. The van der Waals surface area contributed by atoms with Crippen molar-refractivity contribution in [3.63, 3.8) is 0 Å². The highest BCUT2D eigenvalue weighted by Crippen LogP contribution is 2.20.